The van der Waals surface area contributed by atoms with Crippen molar-refractivity contribution in [3.8, 4) is 0 Å². The minimum absolute atomic E-state index is 0.283. The van der Waals surface area contributed by atoms with Crippen molar-refractivity contribution >= 4 is 5.82 Å². The van der Waals surface area contributed by atoms with Gasteiger partial charge in [-0.3, -0.25) is 0 Å². The maximum absolute atomic E-state index is 12.5. The first-order chi connectivity index (χ1) is 8.47. The summed E-state index contributed by atoms with van der Waals surface area (Å²) in [6.07, 6.45) is -0.922. The zero-order valence-electron chi connectivity index (χ0n) is 10.2. The highest BCUT2D eigenvalue weighted by Gasteiger charge is 2.30. The predicted octanol–water partition coefficient (Wildman–Crippen LogP) is 2.61. The van der Waals surface area contributed by atoms with Gasteiger partial charge in [-0.1, -0.05) is 0 Å². The Labute approximate surface area is 104 Å². The summed E-state index contributed by atoms with van der Waals surface area (Å²) in [4.78, 5) is 6.12. The van der Waals surface area contributed by atoms with Gasteiger partial charge < -0.3 is 10.2 Å². The van der Waals surface area contributed by atoms with Gasteiger partial charge in [0.2, 0.25) is 0 Å². The van der Waals surface area contributed by atoms with Crippen LogP contribution >= 0.6 is 0 Å². The highest BCUT2D eigenvalue weighted by atomic mass is 19.4. The topological polar surface area (TPSA) is 28.2 Å². The van der Waals surface area contributed by atoms with E-state index in [1.807, 2.05) is 7.05 Å². The van der Waals surface area contributed by atoms with E-state index in [1.54, 1.807) is 0 Å². The second-order valence-corrected chi connectivity index (χ2v) is 4.59. The van der Waals surface area contributed by atoms with Crippen molar-refractivity contribution in [2.75, 3.05) is 25.5 Å². The van der Waals surface area contributed by atoms with E-state index in [-0.39, 0.29) is 5.82 Å². The second-order valence-electron chi connectivity index (χ2n) is 4.59. The van der Waals surface area contributed by atoms with Crippen molar-refractivity contribution in [2.45, 2.75) is 25.1 Å². The molecule has 0 saturated carbocycles. The number of likely N-dealkylation sites (N-methyl/N-ethyl adjacent to an activating group) is 1. The number of likely N-dealkylation sites (tertiary alicyclic amines) is 1. The Hall–Kier alpha value is -1.30. The molecule has 18 heavy (non-hydrogen) atoms. The molecule has 0 bridgehead atoms. The molecule has 0 radical (unpaired) electrons. The van der Waals surface area contributed by atoms with Crippen LogP contribution in [0.3, 0.4) is 0 Å². The van der Waals surface area contributed by atoms with Gasteiger partial charge in [-0.25, -0.2) is 4.98 Å². The molecule has 0 aliphatic carbocycles. The van der Waals surface area contributed by atoms with Crippen LogP contribution in [0.5, 0.6) is 0 Å². The van der Waals surface area contributed by atoms with Gasteiger partial charge in [0.15, 0.2) is 0 Å². The minimum Gasteiger partial charge on any atom is -0.368 e. The maximum Gasteiger partial charge on any atom is 0.416 e. The van der Waals surface area contributed by atoms with Crippen LogP contribution in [0.15, 0.2) is 18.3 Å². The highest BCUT2D eigenvalue weighted by Crippen LogP contribution is 2.29. The third-order valence-corrected chi connectivity index (χ3v) is 3.28. The molecular formula is C12H16F3N3. The number of nitrogens with one attached hydrogen (secondary N) is 1. The van der Waals surface area contributed by atoms with Crippen LogP contribution in [-0.4, -0.2) is 36.1 Å². The Morgan fingerprint density at radius 2 is 2.28 bits per heavy atom. The van der Waals surface area contributed by atoms with E-state index in [0.717, 1.165) is 31.5 Å². The molecule has 0 amide bonds. The van der Waals surface area contributed by atoms with E-state index < -0.39 is 11.7 Å². The van der Waals surface area contributed by atoms with Crippen molar-refractivity contribution in [1.82, 2.24) is 9.88 Å². The third-order valence-electron chi connectivity index (χ3n) is 3.28. The SMILES string of the molecule is CN1CCCC1CNc1cc(C(F)(F)F)ccn1. The molecule has 1 aromatic heterocycles. The van der Waals surface area contributed by atoms with Crippen LogP contribution in [0.4, 0.5) is 19.0 Å². The summed E-state index contributed by atoms with van der Waals surface area (Å²) in [5.41, 5.74) is -0.667. The van der Waals surface area contributed by atoms with Gasteiger partial charge in [0.05, 0.1) is 5.56 Å². The fourth-order valence-electron chi connectivity index (χ4n) is 2.16. The van der Waals surface area contributed by atoms with Crippen LogP contribution in [0.25, 0.3) is 0 Å². The van der Waals surface area contributed by atoms with Crippen LogP contribution in [0, 0.1) is 0 Å². The monoisotopic (exact) mass is 259 g/mol. The smallest absolute Gasteiger partial charge is 0.368 e. The number of pyridine rings is 1. The molecule has 1 unspecified atom stereocenters. The summed E-state index contributed by atoms with van der Waals surface area (Å²) < 4.78 is 37.5. The number of hydrogen-bond donors (Lipinski definition) is 1. The lowest BCUT2D eigenvalue weighted by Crippen LogP contribution is -2.31. The molecule has 1 aromatic rings. The van der Waals surface area contributed by atoms with Gasteiger partial charge >= 0.3 is 6.18 Å². The molecule has 1 aliphatic rings. The van der Waals surface area contributed by atoms with E-state index >= 15 is 0 Å². The number of nitrogens with zero attached hydrogens (tertiary/aromatic N) is 2. The minimum atomic E-state index is -4.32. The molecule has 2 rings (SSSR count). The first kappa shape index (κ1) is 13.1. The van der Waals surface area contributed by atoms with Crippen molar-refractivity contribution in [3.63, 3.8) is 0 Å². The quantitative estimate of drug-likeness (QED) is 0.904. The Kier molecular flexibility index (Phi) is 3.75. The highest BCUT2D eigenvalue weighted by molar-refractivity contribution is 5.38. The Morgan fingerprint density at radius 3 is 2.89 bits per heavy atom. The van der Waals surface area contributed by atoms with E-state index in [1.165, 1.54) is 6.20 Å². The van der Waals surface area contributed by atoms with E-state index in [4.69, 9.17) is 0 Å². The van der Waals surface area contributed by atoms with E-state index in [0.29, 0.717) is 12.6 Å². The van der Waals surface area contributed by atoms with Gasteiger partial charge in [0, 0.05) is 18.8 Å². The van der Waals surface area contributed by atoms with Crippen LogP contribution in [0.2, 0.25) is 0 Å². The zero-order valence-corrected chi connectivity index (χ0v) is 10.2. The predicted molar refractivity (Wildman–Crippen MR) is 63.4 cm³/mol. The number of aromatic nitrogens is 1. The van der Waals surface area contributed by atoms with Crippen molar-refractivity contribution < 1.29 is 13.2 Å². The summed E-state index contributed by atoms with van der Waals surface area (Å²) in [6, 6.07) is 2.41. The maximum atomic E-state index is 12.5. The summed E-state index contributed by atoms with van der Waals surface area (Å²) in [5.74, 6) is 0.283. The van der Waals surface area contributed by atoms with Crippen molar-refractivity contribution in [2.24, 2.45) is 0 Å². The molecule has 1 aliphatic heterocycles. The van der Waals surface area contributed by atoms with Crippen molar-refractivity contribution in [1.29, 1.82) is 0 Å². The molecule has 1 saturated heterocycles. The van der Waals surface area contributed by atoms with Crippen LogP contribution in [0.1, 0.15) is 18.4 Å². The Morgan fingerprint density at radius 1 is 1.50 bits per heavy atom. The largest absolute Gasteiger partial charge is 0.416 e. The molecule has 1 N–H and O–H groups in total. The normalized spacial score (nSPS) is 21.2. The fraction of sp³-hybridized carbons (Fsp3) is 0.583. The first-order valence-corrected chi connectivity index (χ1v) is 5.94. The van der Waals surface area contributed by atoms with Crippen LogP contribution in [-0.2, 0) is 6.18 Å². The average molecular weight is 259 g/mol. The van der Waals surface area contributed by atoms with Gasteiger partial charge in [0.25, 0.3) is 0 Å². The van der Waals surface area contributed by atoms with Gasteiger partial charge in [0.1, 0.15) is 5.82 Å². The lowest BCUT2D eigenvalue weighted by Gasteiger charge is -2.20. The Bertz CT molecular complexity index is 406. The summed E-state index contributed by atoms with van der Waals surface area (Å²) >= 11 is 0. The standard InChI is InChI=1S/C12H16F3N3/c1-18-6-2-3-10(18)8-17-11-7-9(4-5-16-11)12(13,14)15/h4-5,7,10H,2-3,6,8H2,1H3,(H,16,17). The molecular weight excluding hydrogens is 243 g/mol. The summed E-state index contributed by atoms with van der Waals surface area (Å²) in [6.45, 7) is 1.67. The summed E-state index contributed by atoms with van der Waals surface area (Å²) in [7, 11) is 2.03. The van der Waals surface area contributed by atoms with Gasteiger partial charge in [-0.05, 0) is 38.6 Å². The number of anilines is 1. The zero-order chi connectivity index (χ0) is 13.2. The molecule has 2 heterocycles. The summed E-state index contributed by atoms with van der Waals surface area (Å²) in [5, 5.41) is 2.98. The molecule has 0 spiro atoms. The number of hydrogen-bond acceptors (Lipinski definition) is 3. The molecule has 100 valence electrons. The molecule has 1 fully saturated rings. The van der Waals surface area contributed by atoms with E-state index in [2.05, 4.69) is 15.2 Å². The van der Waals surface area contributed by atoms with E-state index in [9.17, 15) is 13.2 Å². The fourth-order valence-corrected chi connectivity index (χ4v) is 2.16. The van der Waals surface area contributed by atoms with Gasteiger partial charge in [-0.2, -0.15) is 13.2 Å². The average Bonchev–Trinajstić information content (AvgIpc) is 2.72. The molecule has 0 aromatic carbocycles. The van der Waals surface area contributed by atoms with Gasteiger partial charge in [-0.15, -0.1) is 0 Å². The number of halogens is 3. The second kappa shape index (κ2) is 5.14. The first-order valence-electron chi connectivity index (χ1n) is 5.94. The molecule has 3 nitrogen and oxygen atoms in total. The number of alkyl halides is 3. The van der Waals surface area contributed by atoms with Crippen molar-refractivity contribution in [3.05, 3.63) is 23.9 Å². The third kappa shape index (κ3) is 3.13. The van der Waals surface area contributed by atoms with Crippen LogP contribution < -0.4 is 5.32 Å². The molecule has 1 atom stereocenters. The molecule has 6 heteroatoms. The lowest BCUT2D eigenvalue weighted by atomic mass is 10.2. The number of rotatable bonds is 3. The Balaban J connectivity index is 1.97. The lowest BCUT2D eigenvalue weighted by molar-refractivity contribution is -0.137.